The Kier molecular flexibility index (Phi) is 6.69. The Balaban J connectivity index is 1.86. The summed E-state index contributed by atoms with van der Waals surface area (Å²) in [4.78, 5) is 38.1. The quantitative estimate of drug-likeness (QED) is 0.730. The standard InChI is InChI=1S/C22H26N2O4S/c1-13-9-10-15(14(2)11-13)12-18(25)23-21-19(20(26)24-22(27)28-3)16-7-5-4-6-8-17(16)29-21/h9-11H,4-8,12H2,1-3H3,(H,23,25)(H,24,26,27). The molecule has 1 aliphatic carbocycles. The molecule has 2 N–H and O–H groups in total. The van der Waals surface area contributed by atoms with Crippen LogP contribution in [0.25, 0.3) is 0 Å². The van der Waals surface area contributed by atoms with Crippen molar-refractivity contribution in [2.75, 3.05) is 12.4 Å². The van der Waals surface area contributed by atoms with E-state index in [1.54, 1.807) is 0 Å². The van der Waals surface area contributed by atoms with Gasteiger partial charge in [-0.2, -0.15) is 0 Å². The van der Waals surface area contributed by atoms with Crippen molar-refractivity contribution in [1.29, 1.82) is 0 Å². The lowest BCUT2D eigenvalue weighted by molar-refractivity contribution is -0.115. The molecule has 0 radical (unpaired) electrons. The van der Waals surface area contributed by atoms with Gasteiger partial charge in [0.25, 0.3) is 5.91 Å². The largest absolute Gasteiger partial charge is 0.453 e. The third-order valence-corrected chi connectivity index (χ3v) is 6.36. The number of ether oxygens (including phenoxy) is 1. The van der Waals surface area contributed by atoms with Crippen LogP contribution in [0.2, 0.25) is 0 Å². The second kappa shape index (κ2) is 9.22. The van der Waals surface area contributed by atoms with Gasteiger partial charge in [-0.3, -0.25) is 14.9 Å². The Morgan fingerprint density at radius 3 is 2.59 bits per heavy atom. The number of nitrogens with one attached hydrogen (secondary N) is 2. The molecule has 7 heteroatoms. The number of fused-ring (bicyclic) bond motifs is 1. The molecule has 29 heavy (non-hydrogen) atoms. The number of benzene rings is 1. The number of aryl methyl sites for hydroxylation is 3. The van der Waals surface area contributed by atoms with Crippen LogP contribution in [-0.2, 0) is 28.8 Å². The minimum absolute atomic E-state index is 0.180. The SMILES string of the molecule is COC(=O)NC(=O)c1c(NC(=O)Cc2ccc(C)cc2C)sc2c1CCCCC2. The molecular weight excluding hydrogens is 388 g/mol. The van der Waals surface area contributed by atoms with E-state index in [0.29, 0.717) is 10.6 Å². The molecule has 3 amide bonds. The lowest BCUT2D eigenvalue weighted by Crippen LogP contribution is -2.31. The third kappa shape index (κ3) is 5.03. The lowest BCUT2D eigenvalue weighted by Gasteiger charge is -2.10. The van der Waals surface area contributed by atoms with Crippen molar-refractivity contribution >= 4 is 34.2 Å². The average molecular weight is 415 g/mol. The summed E-state index contributed by atoms with van der Waals surface area (Å²) in [5, 5.41) is 5.66. The molecular formula is C22H26N2O4S. The van der Waals surface area contributed by atoms with Crippen LogP contribution in [0.5, 0.6) is 0 Å². The topological polar surface area (TPSA) is 84.5 Å². The zero-order valence-corrected chi connectivity index (χ0v) is 17.8. The monoisotopic (exact) mass is 414 g/mol. The number of carbonyl (C=O) groups is 3. The Labute approximate surface area is 174 Å². The van der Waals surface area contributed by atoms with Crippen molar-refractivity contribution < 1.29 is 19.1 Å². The highest BCUT2D eigenvalue weighted by Gasteiger charge is 2.27. The summed E-state index contributed by atoms with van der Waals surface area (Å²) >= 11 is 1.44. The molecule has 154 valence electrons. The van der Waals surface area contributed by atoms with Crippen LogP contribution in [0.4, 0.5) is 9.80 Å². The molecule has 1 heterocycles. The summed E-state index contributed by atoms with van der Waals surface area (Å²) in [6, 6.07) is 5.99. The minimum Gasteiger partial charge on any atom is -0.453 e. The summed E-state index contributed by atoms with van der Waals surface area (Å²) in [6.07, 6.45) is 4.21. The molecule has 3 rings (SSSR count). The van der Waals surface area contributed by atoms with E-state index in [1.165, 1.54) is 18.4 Å². The highest BCUT2D eigenvalue weighted by atomic mass is 32.1. The van der Waals surface area contributed by atoms with Crippen molar-refractivity contribution in [3.8, 4) is 0 Å². The Hall–Kier alpha value is -2.67. The molecule has 0 fully saturated rings. The number of hydrogen-bond donors (Lipinski definition) is 2. The molecule has 2 aromatic rings. The molecule has 0 spiro atoms. The fourth-order valence-electron chi connectivity index (χ4n) is 3.67. The Morgan fingerprint density at radius 1 is 1.10 bits per heavy atom. The van der Waals surface area contributed by atoms with Crippen molar-refractivity contribution in [2.45, 2.75) is 52.4 Å². The summed E-state index contributed by atoms with van der Waals surface area (Å²) in [7, 11) is 1.21. The van der Waals surface area contributed by atoms with Crippen LogP contribution < -0.4 is 10.6 Å². The average Bonchev–Trinajstić information content (AvgIpc) is 2.84. The van der Waals surface area contributed by atoms with Crippen molar-refractivity contribution in [1.82, 2.24) is 5.32 Å². The minimum atomic E-state index is -0.809. The maximum absolute atomic E-state index is 12.8. The van der Waals surface area contributed by atoms with E-state index in [0.717, 1.165) is 59.2 Å². The number of thiophene rings is 1. The van der Waals surface area contributed by atoms with Crippen LogP contribution in [0.1, 0.15) is 56.8 Å². The predicted molar refractivity (Wildman–Crippen MR) is 114 cm³/mol. The Morgan fingerprint density at radius 2 is 1.86 bits per heavy atom. The molecule has 1 aromatic heterocycles. The third-order valence-electron chi connectivity index (χ3n) is 5.15. The molecule has 0 atom stereocenters. The highest BCUT2D eigenvalue weighted by Crippen LogP contribution is 2.37. The van der Waals surface area contributed by atoms with E-state index >= 15 is 0 Å². The first-order chi connectivity index (χ1) is 13.9. The number of carbonyl (C=O) groups excluding carboxylic acids is 3. The number of anilines is 1. The Bertz CT molecular complexity index is 949. The van der Waals surface area contributed by atoms with E-state index < -0.39 is 12.0 Å². The smallest absolute Gasteiger partial charge is 0.413 e. The molecule has 0 saturated heterocycles. The van der Waals surface area contributed by atoms with Gasteiger partial charge in [0.05, 0.1) is 19.1 Å². The van der Waals surface area contributed by atoms with Gasteiger partial charge >= 0.3 is 6.09 Å². The summed E-state index contributed by atoms with van der Waals surface area (Å²) in [5.41, 5.74) is 4.50. The number of imide groups is 1. The molecule has 0 unspecified atom stereocenters. The predicted octanol–water partition coefficient (Wildman–Crippen LogP) is 4.31. The number of hydrogen-bond acceptors (Lipinski definition) is 5. The van der Waals surface area contributed by atoms with E-state index in [2.05, 4.69) is 15.4 Å². The first kappa shape index (κ1) is 21.0. The second-order valence-electron chi connectivity index (χ2n) is 7.37. The van der Waals surface area contributed by atoms with E-state index in [4.69, 9.17) is 0 Å². The fraction of sp³-hybridized carbons (Fsp3) is 0.409. The van der Waals surface area contributed by atoms with Crippen molar-refractivity contribution in [3.05, 3.63) is 50.9 Å². The summed E-state index contributed by atoms with van der Waals surface area (Å²) in [6.45, 7) is 4.00. The van der Waals surface area contributed by atoms with Gasteiger partial charge < -0.3 is 10.1 Å². The molecule has 1 aliphatic rings. The van der Waals surface area contributed by atoms with E-state index in [9.17, 15) is 14.4 Å². The van der Waals surface area contributed by atoms with E-state index in [1.807, 2.05) is 32.0 Å². The first-order valence-electron chi connectivity index (χ1n) is 9.79. The number of methoxy groups -OCH3 is 1. The lowest BCUT2D eigenvalue weighted by atomic mass is 10.0. The normalized spacial score (nSPS) is 13.2. The van der Waals surface area contributed by atoms with Gasteiger partial charge in [-0.25, -0.2) is 4.79 Å². The molecule has 0 saturated carbocycles. The zero-order valence-electron chi connectivity index (χ0n) is 17.0. The van der Waals surface area contributed by atoms with Gasteiger partial charge in [-0.1, -0.05) is 30.2 Å². The van der Waals surface area contributed by atoms with Crippen LogP contribution in [0, 0.1) is 13.8 Å². The van der Waals surface area contributed by atoms with Gasteiger partial charge in [0.15, 0.2) is 0 Å². The zero-order chi connectivity index (χ0) is 21.0. The first-order valence-corrected chi connectivity index (χ1v) is 10.6. The number of alkyl carbamates (subject to hydrolysis) is 1. The second-order valence-corrected chi connectivity index (χ2v) is 8.47. The summed E-state index contributed by atoms with van der Waals surface area (Å²) < 4.78 is 4.56. The van der Waals surface area contributed by atoms with Crippen LogP contribution in [0.15, 0.2) is 18.2 Å². The van der Waals surface area contributed by atoms with Gasteiger partial charge in [0, 0.05) is 4.88 Å². The van der Waals surface area contributed by atoms with Gasteiger partial charge in [0.2, 0.25) is 5.91 Å². The number of amides is 3. The van der Waals surface area contributed by atoms with Crippen LogP contribution in [0.3, 0.4) is 0 Å². The van der Waals surface area contributed by atoms with Crippen molar-refractivity contribution in [2.24, 2.45) is 0 Å². The fourth-order valence-corrected chi connectivity index (χ4v) is 4.97. The van der Waals surface area contributed by atoms with Crippen LogP contribution in [-0.4, -0.2) is 25.0 Å². The van der Waals surface area contributed by atoms with Gasteiger partial charge in [0.1, 0.15) is 5.00 Å². The maximum Gasteiger partial charge on any atom is 0.413 e. The molecule has 0 bridgehead atoms. The molecule has 6 nitrogen and oxygen atoms in total. The van der Waals surface area contributed by atoms with E-state index in [-0.39, 0.29) is 12.3 Å². The van der Waals surface area contributed by atoms with Gasteiger partial charge in [-0.15, -0.1) is 11.3 Å². The van der Waals surface area contributed by atoms with Crippen molar-refractivity contribution in [3.63, 3.8) is 0 Å². The summed E-state index contributed by atoms with van der Waals surface area (Å²) in [5.74, 6) is -0.710. The molecule has 1 aromatic carbocycles. The van der Waals surface area contributed by atoms with Crippen LogP contribution >= 0.6 is 11.3 Å². The maximum atomic E-state index is 12.8. The highest BCUT2D eigenvalue weighted by molar-refractivity contribution is 7.17. The van der Waals surface area contributed by atoms with Gasteiger partial charge in [-0.05, 0) is 56.2 Å². The number of rotatable bonds is 4. The molecule has 0 aliphatic heterocycles.